The summed E-state index contributed by atoms with van der Waals surface area (Å²) in [7, 11) is 0. The molecule has 27 heavy (non-hydrogen) atoms. The van der Waals surface area contributed by atoms with Crippen molar-refractivity contribution in [3.05, 3.63) is 65.1 Å². The molecule has 0 radical (unpaired) electrons. The number of aromatic nitrogens is 2. The van der Waals surface area contributed by atoms with Crippen molar-refractivity contribution < 1.29 is 4.79 Å². The lowest BCUT2D eigenvalue weighted by Gasteiger charge is -2.32. The van der Waals surface area contributed by atoms with Gasteiger partial charge in [0.15, 0.2) is 0 Å². The molecule has 0 saturated carbocycles. The third kappa shape index (κ3) is 4.01. The molecule has 0 aliphatic carbocycles. The highest BCUT2D eigenvalue weighted by molar-refractivity contribution is 5.85. The maximum Gasteiger partial charge on any atom is 0.326 e. The minimum Gasteiger partial charge on any atom is -0.376 e. The zero-order valence-electron chi connectivity index (χ0n) is 14.9. The van der Waals surface area contributed by atoms with E-state index in [9.17, 15) is 9.59 Å². The molecule has 0 bridgehead atoms. The number of nitrogens with one attached hydrogen (secondary N) is 2. The fourth-order valence-corrected chi connectivity index (χ4v) is 3.66. The van der Waals surface area contributed by atoms with Crippen LogP contribution in [0.5, 0.6) is 0 Å². The van der Waals surface area contributed by atoms with Crippen molar-refractivity contribution in [2.45, 2.75) is 18.9 Å². The van der Waals surface area contributed by atoms with Gasteiger partial charge < -0.3 is 15.2 Å². The minimum atomic E-state index is -0.0679. The van der Waals surface area contributed by atoms with Crippen LogP contribution in [0.1, 0.15) is 18.9 Å². The molecule has 1 aliphatic heterocycles. The lowest BCUT2D eigenvalue weighted by atomic mass is 10.0. The molecule has 1 amide bonds. The average molecular weight is 387 g/mol. The van der Waals surface area contributed by atoms with Crippen LogP contribution in [0, 0.1) is 0 Å². The SMILES string of the molecule is Cl.O=C(CNc1ccccc1)N1CCC(n2c(=O)[nH]c3ccccc32)CC1. The van der Waals surface area contributed by atoms with E-state index in [2.05, 4.69) is 10.3 Å². The molecule has 1 fully saturated rings. The van der Waals surface area contributed by atoms with Crippen LogP contribution in [0.4, 0.5) is 5.69 Å². The van der Waals surface area contributed by atoms with E-state index in [4.69, 9.17) is 0 Å². The molecule has 6 nitrogen and oxygen atoms in total. The molecular weight excluding hydrogens is 364 g/mol. The van der Waals surface area contributed by atoms with Gasteiger partial charge in [0.1, 0.15) is 0 Å². The van der Waals surface area contributed by atoms with Gasteiger partial charge in [0, 0.05) is 24.8 Å². The van der Waals surface area contributed by atoms with Crippen molar-refractivity contribution >= 4 is 35.0 Å². The first kappa shape index (κ1) is 19.0. The Morgan fingerprint density at radius 1 is 1.04 bits per heavy atom. The summed E-state index contributed by atoms with van der Waals surface area (Å²) < 4.78 is 1.85. The minimum absolute atomic E-state index is 0. The highest BCUT2D eigenvalue weighted by Crippen LogP contribution is 2.24. The normalized spacial score (nSPS) is 14.7. The van der Waals surface area contributed by atoms with Gasteiger partial charge in [-0.05, 0) is 37.1 Å². The highest BCUT2D eigenvalue weighted by atomic mass is 35.5. The van der Waals surface area contributed by atoms with E-state index in [1.165, 1.54) is 0 Å². The largest absolute Gasteiger partial charge is 0.376 e. The van der Waals surface area contributed by atoms with Crippen LogP contribution >= 0.6 is 12.4 Å². The monoisotopic (exact) mass is 386 g/mol. The Morgan fingerprint density at radius 3 is 2.44 bits per heavy atom. The van der Waals surface area contributed by atoms with E-state index < -0.39 is 0 Å². The van der Waals surface area contributed by atoms with Crippen LogP contribution in [0.3, 0.4) is 0 Å². The summed E-state index contributed by atoms with van der Waals surface area (Å²) in [6, 6.07) is 17.6. The number of halogens is 1. The summed E-state index contributed by atoms with van der Waals surface area (Å²) in [5, 5.41) is 3.16. The topological polar surface area (TPSA) is 70.1 Å². The molecule has 142 valence electrons. The fourth-order valence-electron chi connectivity index (χ4n) is 3.66. The summed E-state index contributed by atoms with van der Waals surface area (Å²) in [4.78, 5) is 29.6. The van der Waals surface area contributed by atoms with E-state index in [0.717, 1.165) is 29.6 Å². The molecule has 3 aromatic rings. The standard InChI is InChI=1S/C20H22N4O2.ClH/c25-19(14-21-15-6-2-1-3-7-15)23-12-10-16(11-13-23)24-18-9-5-4-8-17(18)22-20(24)26;/h1-9,16,21H,10-14H2,(H,22,26);1H. The van der Waals surface area contributed by atoms with E-state index in [1.807, 2.05) is 64.1 Å². The molecule has 2 aromatic carbocycles. The number of fused-ring (bicyclic) bond motifs is 1. The van der Waals surface area contributed by atoms with Gasteiger partial charge in [0.05, 0.1) is 17.6 Å². The quantitative estimate of drug-likeness (QED) is 0.724. The maximum absolute atomic E-state index is 12.4. The zero-order valence-corrected chi connectivity index (χ0v) is 15.7. The third-order valence-electron chi connectivity index (χ3n) is 5.02. The number of piperidine rings is 1. The maximum atomic E-state index is 12.4. The number of anilines is 1. The fraction of sp³-hybridized carbons (Fsp3) is 0.300. The summed E-state index contributed by atoms with van der Waals surface area (Å²) in [5.74, 6) is 0.0959. The molecule has 1 saturated heterocycles. The van der Waals surface area contributed by atoms with Crippen LogP contribution in [-0.2, 0) is 4.79 Å². The molecule has 0 unspecified atom stereocenters. The summed E-state index contributed by atoms with van der Waals surface area (Å²) in [6.07, 6.45) is 1.58. The van der Waals surface area contributed by atoms with Crippen molar-refractivity contribution in [3.8, 4) is 0 Å². The summed E-state index contributed by atoms with van der Waals surface area (Å²) in [6.45, 7) is 1.64. The Morgan fingerprint density at radius 2 is 1.70 bits per heavy atom. The molecule has 1 aliphatic rings. The van der Waals surface area contributed by atoms with Crippen molar-refractivity contribution in [1.29, 1.82) is 0 Å². The van der Waals surface area contributed by atoms with Gasteiger partial charge in [-0.1, -0.05) is 30.3 Å². The Labute approximate surface area is 163 Å². The van der Waals surface area contributed by atoms with Crippen molar-refractivity contribution in [1.82, 2.24) is 14.5 Å². The number of likely N-dealkylation sites (tertiary alicyclic amines) is 1. The number of carbonyl (C=O) groups excluding carboxylic acids is 1. The second-order valence-electron chi connectivity index (χ2n) is 6.65. The van der Waals surface area contributed by atoms with Crippen molar-refractivity contribution in [3.63, 3.8) is 0 Å². The number of benzene rings is 2. The Kier molecular flexibility index (Phi) is 5.86. The second kappa shape index (κ2) is 8.31. The van der Waals surface area contributed by atoms with Crippen LogP contribution in [0.2, 0.25) is 0 Å². The first-order valence-electron chi connectivity index (χ1n) is 8.98. The lowest BCUT2D eigenvalue weighted by Crippen LogP contribution is -2.42. The van der Waals surface area contributed by atoms with Crippen molar-refractivity contribution in [2.75, 3.05) is 25.0 Å². The van der Waals surface area contributed by atoms with E-state index in [1.54, 1.807) is 0 Å². The van der Waals surface area contributed by atoms with E-state index >= 15 is 0 Å². The van der Waals surface area contributed by atoms with Gasteiger partial charge in [0.2, 0.25) is 5.91 Å². The van der Waals surface area contributed by atoms with Crippen LogP contribution in [-0.4, -0.2) is 40.0 Å². The van der Waals surface area contributed by atoms with Gasteiger partial charge in [-0.3, -0.25) is 9.36 Å². The number of amides is 1. The first-order chi connectivity index (χ1) is 12.7. The van der Waals surface area contributed by atoms with Gasteiger partial charge in [-0.15, -0.1) is 12.4 Å². The highest BCUT2D eigenvalue weighted by Gasteiger charge is 2.25. The van der Waals surface area contributed by atoms with Crippen LogP contribution in [0.15, 0.2) is 59.4 Å². The summed E-state index contributed by atoms with van der Waals surface area (Å²) >= 11 is 0. The summed E-state index contributed by atoms with van der Waals surface area (Å²) in [5.41, 5.74) is 2.68. The van der Waals surface area contributed by atoms with Crippen LogP contribution in [0.25, 0.3) is 11.0 Å². The number of carbonyl (C=O) groups is 1. The molecular formula is C20H23ClN4O2. The molecule has 1 aromatic heterocycles. The number of H-pyrrole nitrogens is 1. The number of nitrogens with zero attached hydrogens (tertiary/aromatic N) is 2. The second-order valence-corrected chi connectivity index (χ2v) is 6.65. The molecule has 0 atom stereocenters. The molecule has 2 N–H and O–H groups in total. The number of para-hydroxylation sites is 3. The van der Waals surface area contributed by atoms with E-state index in [-0.39, 0.29) is 30.0 Å². The van der Waals surface area contributed by atoms with E-state index in [0.29, 0.717) is 19.6 Å². The number of aromatic amines is 1. The first-order valence-corrected chi connectivity index (χ1v) is 8.98. The van der Waals surface area contributed by atoms with Gasteiger partial charge in [-0.25, -0.2) is 4.79 Å². The predicted octanol–water partition coefficient (Wildman–Crippen LogP) is 3.03. The molecule has 7 heteroatoms. The van der Waals surface area contributed by atoms with Gasteiger partial charge in [-0.2, -0.15) is 0 Å². The smallest absolute Gasteiger partial charge is 0.326 e. The predicted molar refractivity (Wildman–Crippen MR) is 110 cm³/mol. The number of hydrogen-bond acceptors (Lipinski definition) is 3. The number of hydrogen-bond donors (Lipinski definition) is 2. The lowest BCUT2D eigenvalue weighted by molar-refractivity contribution is -0.130. The third-order valence-corrected chi connectivity index (χ3v) is 5.02. The molecule has 0 spiro atoms. The Balaban J connectivity index is 0.00000210. The zero-order chi connectivity index (χ0) is 17.9. The Bertz CT molecular complexity index is 959. The van der Waals surface area contributed by atoms with Gasteiger partial charge in [0.25, 0.3) is 0 Å². The Hall–Kier alpha value is -2.73. The van der Waals surface area contributed by atoms with Gasteiger partial charge >= 0.3 is 5.69 Å². The molecule has 4 rings (SSSR count). The number of imidazole rings is 1. The van der Waals surface area contributed by atoms with Crippen LogP contribution < -0.4 is 11.0 Å². The molecule has 2 heterocycles. The number of rotatable bonds is 4. The average Bonchev–Trinajstić information content (AvgIpc) is 3.03. The van der Waals surface area contributed by atoms with Crippen molar-refractivity contribution in [2.24, 2.45) is 0 Å².